The van der Waals surface area contributed by atoms with Crippen molar-refractivity contribution in [3.8, 4) is 0 Å². The molecule has 0 amide bonds. The Labute approximate surface area is 97.4 Å². The average Bonchev–Trinajstić information content (AvgIpc) is 2.28. The standard InChI is InChI=1S/C8H16O2.C3H9NO2/c1-3-5-6-7(4-2)8(9)10;5-3-1-2-4-6/h7H,3-6H2,1-2H3,(H,9,10);4-6H,1-3H2. The van der Waals surface area contributed by atoms with E-state index in [1.807, 2.05) is 12.4 Å². The number of carboxylic acids is 1. The second-order valence-electron chi connectivity index (χ2n) is 3.57. The van der Waals surface area contributed by atoms with Crippen molar-refractivity contribution in [3.63, 3.8) is 0 Å². The number of hydrogen-bond donors (Lipinski definition) is 4. The lowest BCUT2D eigenvalue weighted by Crippen LogP contribution is -2.11. The number of carboxylic acid groups (broad SMARTS) is 1. The molecular weight excluding hydrogens is 210 g/mol. The van der Waals surface area contributed by atoms with Gasteiger partial charge in [0.2, 0.25) is 0 Å². The number of carbonyl (C=O) groups is 1. The molecule has 16 heavy (non-hydrogen) atoms. The summed E-state index contributed by atoms with van der Waals surface area (Å²) in [6, 6.07) is 0. The van der Waals surface area contributed by atoms with Crippen molar-refractivity contribution in [2.24, 2.45) is 5.92 Å². The second kappa shape index (κ2) is 14.3. The van der Waals surface area contributed by atoms with Gasteiger partial charge in [-0.1, -0.05) is 26.7 Å². The third kappa shape index (κ3) is 13.4. The molecule has 4 N–H and O–H groups in total. The zero-order valence-electron chi connectivity index (χ0n) is 10.3. The van der Waals surface area contributed by atoms with E-state index in [0.717, 1.165) is 25.7 Å². The summed E-state index contributed by atoms with van der Waals surface area (Å²) in [5.41, 5.74) is 1.91. The number of hydroxylamine groups is 1. The lowest BCUT2D eigenvalue weighted by molar-refractivity contribution is -0.142. The minimum Gasteiger partial charge on any atom is -0.481 e. The van der Waals surface area contributed by atoms with Crippen LogP contribution in [0, 0.1) is 5.92 Å². The molecule has 0 aromatic carbocycles. The first kappa shape index (κ1) is 17.7. The largest absolute Gasteiger partial charge is 0.481 e. The number of nitrogens with one attached hydrogen (secondary N) is 1. The second-order valence-corrected chi connectivity index (χ2v) is 3.57. The molecule has 0 bridgehead atoms. The molecule has 98 valence electrons. The molecular formula is C11H25NO4. The number of aliphatic carboxylic acids is 1. The maximum absolute atomic E-state index is 10.4. The molecule has 1 atom stereocenters. The SMILES string of the molecule is CCCCC(CC)C(=O)O.OCCCNO. The van der Waals surface area contributed by atoms with Crippen LogP contribution >= 0.6 is 0 Å². The highest BCUT2D eigenvalue weighted by atomic mass is 16.5. The zero-order chi connectivity index (χ0) is 12.8. The number of hydrogen-bond acceptors (Lipinski definition) is 4. The van der Waals surface area contributed by atoms with Crippen LogP contribution in [0.5, 0.6) is 0 Å². The fourth-order valence-corrected chi connectivity index (χ4v) is 1.11. The Morgan fingerprint density at radius 1 is 1.31 bits per heavy atom. The highest BCUT2D eigenvalue weighted by molar-refractivity contribution is 5.69. The van der Waals surface area contributed by atoms with Crippen molar-refractivity contribution in [2.75, 3.05) is 13.2 Å². The van der Waals surface area contributed by atoms with Crippen LogP contribution in [0.3, 0.4) is 0 Å². The lowest BCUT2D eigenvalue weighted by Gasteiger charge is -2.06. The predicted molar refractivity (Wildman–Crippen MR) is 62.4 cm³/mol. The van der Waals surface area contributed by atoms with Crippen LogP contribution in [0.2, 0.25) is 0 Å². The quantitative estimate of drug-likeness (QED) is 0.379. The Balaban J connectivity index is 0. The molecule has 0 rings (SSSR count). The van der Waals surface area contributed by atoms with Crippen LogP contribution < -0.4 is 5.48 Å². The van der Waals surface area contributed by atoms with Crippen LogP contribution in [0.15, 0.2) is 0 Å². The Morgan fingerprint density at radius 3 is 2.19 bits per heavy atom. The minimum atomic E-state index is -0.643. The van der Waals surface area contributed by atoms with Gasteiger partial charge >= 0.3 is 5.97 Å². The Bertz CT molecular complexity index is 149. The van der Waals surface area contributed by atoms with Gasteiger partial charge in [0.15, 0.2) is 0 Å². The van der Waals surface area contributed by atoms with E-state index in [0.29, 0.717) is 13.0 Å². The van der Waals surface area contributed by atoms with Gasteiger partial charge in [-0.15, -0.1) is 0 Å². The predicted octanol–water partition coefficient (Wildman–Crippen LogP) is 1.64. The summed E-state index contributed by atoms with van der Waals surface area (Å²) in [6.07, 6.45) is 4.32. The highest BCUT2D eigenvalue weighted by Gasteiger charge is 2.12. The van der Waals surface area contributed by atoms with E-state index < -0.39 is 5.97 Å². The smallest absolute Gasteiger partial charge is 0.306 e. The molecule has 5 nitrogen and oxygen atoms in total. The molecule has 0 aliphatic carbocycles. The van der Waals surface area contributed by atoms with Crippen molar-refractivity contribution in [2.45, 2.75) is 46.0 Å². The maximum atomic E-state index is 10.4. The van der Waals surface area contributed by atoms with Crippen molar-refractivity contribution in [1.82, 2.24) is 5.48 Å². The number of unbranched alkanes of at least 4 members (excludes halogenated alkanes) is 1. The zero-order valence-corrected chi connectivity index (χ0v) is 10.3. The summed E-state index contributed by atoms with van der Waals surface area (Å²) in [6.45, 7) is 4.60. The van der Waals surface area contributed by atoms with Gasteiger partial charge in [-0.2, -0.15) is 0 Å². The fourth-order valence-electron chi connectivity index (χ4n) is 1.11. The van der Waals surface area contributed by atoms with Crippen LogP contribution in [0.25, 0.3) is 0 Å². The molecule has 0 spiro atoms. The summed E-state index contributed by atoms with van der Waals surface area (Å²) in [5, 5.41) is 24.5. The van der Waals surface area contributed by atoms with E-state index in [1.54, 1.807) is 0 Å². The molecule has 0 aromatic heterocycles. The van der Waals surface area contributed by atoms with E-state index in [4.69, 9.17) is 15.4 Å². The third-order valence-electron chi connectivity index (χ3n) is 2.19. The van der Waals surface area contributed by atoms with E-state index in [2.05, 4.69) is 6.92 Å². The van der Waals surface area contributed by atoms with E-state index >= 15 is 0 Å². The van der Waals surface area contributed by atoms with Crippen LogP contribution in [-0.4, -0.2) is 34.5 Å². The van der Waals surface area contributed by atoms with Crippen molar-refractivity contribution < 1.29 is 20.2 Å². The van der Waals surface area contributed by atoms with Crippen molar-refractivity contribution in [1.29, 1.82) is 0 Å². The molecule has 0 aliphatic rings. The molecule has 0 saturated carbocycles. The van der Waals surface area contributed by atoms with Gasteiger partial charge in [0.25, 0.3) is 0 Å². The first-order chi connectivity index (χ1) is 7.63. The van der Waals surface area contributed by atoms with Gasteiger partial charge in [-0.25, -0.2) is 5.48 Å². The number of rotatable bonds is 8. The summed E-state index contributed by atoms with van der Waals surface area (Å²) < 4.78 is 0. The summed E-state index contributed by atoms with van der Waals surface area (Å²) in [5.74, 6) is -0.754. The molecule has 5 heteroatoms. The lowest BCUT2D eigenvalue weighted by atomic mass is 10.00. The van der Waals surface area contributed by atoms with Gasteiger partial charge in [0, 0.05) is 13.2 Å². The summed E-state index contributed by atoms with van der Waals surface area (Å²) in [7, 11) is 0. The van der Waals surface area contributed by atoms with Gasteiger partial charge in [-0.05, 0) is 19.3 Å². The molecule has 0 fully saturated rings. The molecule has 1 unspecified atom stereocenters. The monoisotopic (exact) mass is 235 g/mol. The van der Waals surface area contributed by atoms with Gasteiger partial charge in [-0.3, -0.25) is 4.79 Å². The summed E-state index contributed by atoms with van der Waals surface area (Å²) >= 11 is 0. The van der Waals surface area contributed by atoms with E-state index in [-0.39, 0.29) is 12.5 Å². The van der Waals surface area contributed by atoms with E-state index in [1.165, 1.54) is 0 Å². The molecule has 0 radical (unpaired) electrons. The van der Waals surface area contributed by atoms with Crippen molar-refractivity contribution >= 4 is 5.97 Å². The summed E-state index contributed by atoms with van der Waals surface area (Å²) in [4.78, 5) is 10.4. The van der Waals surface area contributed by atoms with Crippen LogP contribution in [-0.2, 0) is 4.79 Å². The van der Waals surface area contributed by atoms with Gasteiger partial charge < -0.3 is 15.4 Å². The van der Waals surface area contributed by atoms with Gasteiger partial charge in [0.05, 0.1) is 5.92 Å². The first-order valence-corrected chi connectivity index (χ1v) is 5.84. The minimum absolute atomic E-state index is 0.111. The topological polar surface area (TPSA) is 89.8 Å². The van der Waals surface area contributed by atoms with Crippen LogP contribution in [0.1, 0.15) is 46.0 Å². The first-order valence-electron chi connectivity index (χ1n) is 5.84. The van der Waals surface area contributed by atoms with E-state index in [9.17, 15) is 4.79 Å². The maximum Gasteiger partial charge on any atom is 0.306 e. The Kier molecular flexibility index (Phi) is 15.9. The third-order valence-corrected chi connectivity index (χ3v) is 2.19. The highest BCUT2D eigenvalue weighted by Crippen LogP contribution is 2.11. The fraction of sp³-hybridized carbons (Fsp3) is 0.909. The Hall–Kier alpha value is -0.650. The normalized spacial score (nSPS) is 11.5. The number of aliphatic hydroxyl groups is 1. The number of aliphatic hydroxyl groups excluding tert-OH is 1. The molecule has 0 saturated heterocycles. The van der Waals surface area contributed by atoms with Crippen molar-refractivity contribution in [3.05, 3.63) is 0 Å². The molecule has 0 aromatic rings. The van der Waals surface area contributed by atoms with Crippen LogP contribution in [0.4, 0.5) is 0 Å². The molecule has 0 heterocycles. The van der Waals surface area contributed by atoms with Gasteiger partial charge in [0.1, 0.15) is 0 Å². The Morgan fingerprint density at radius 2 is 1.94 bits per heavy atom. The average molecular weight is 235 g/mol. The molecule has 0 aliphatic heterocycles.